The molecule has 0 aromatic rings. The molecule has 1 atom stereocenters. The average molecular weight is 174 g/mol. The van der Waals surface area contributed by atoms with Gasteiger partial charge in [-0.3, -0.25) is 0 Å². The average Bonchev–Trinajstić information content (AvgIpc) is 2.05. The van der Waals surface area contributed by atoms with Gasteiger partial charge in [0.05, 0.1) is 6.61 Å². The van der Waals surface area contributed by atoms with Gasteiger partial charge < -0.3 is 9.84 Å². The van der Waals surface area contributed by atoms with Crippen LogP contribution >= 0.6 is 0 Å². The topological polar surface area (TPSA) is 46.5 Å². The van der Waals surface area contributed by atoms with Crippen LogP contribution in [0, 0.1) is 5.92 Å². The minimum atomic E-state index is -0.888. The van der Waals surface area contributed by atoms with Crippen molar-refractivity contribution in [3.05, 3.63) is 0 Å². The molecule has 0 unspecified atom stereocenters. The zero-order chi connectivity index (χ0) is 9.56. The summed E-state index contributed by atoms with van der Waals surface area (Å²) in [6, 6.07) is 0. The first kappa shape index (κ1) is 11.4. The molecule has 0 radical (unpaired) electrons. The summed E-state index contributed by atoms with van der Waals surface area (Å²) in [5, 5.41) is 8.52. The van der Waals surface area contributed by atoms with Crippen molar-refractivity contribution in [2.24, 2.45) is 5.92 Å². The molecule has 0 aromatic carbocycles. The van der Waals surface area contributed by atoms with Gasteiger partial charge in [0.2, 0.25) is 0 Å². The van der Waals surface area contributed by atoms with E-state index in [-0.39, 0.29) is 0 Å². The largest absolute Gasteiger partial charge is 0.479 e. The molecule has 0 aliphatic carbocycles. The Labute approximate surface area is 73.7 Å². The Morgan fingerprint density at radius 1 is 1.42 bits per heavy atom. The quantitative estimate of drug-likeness (QED) is 0.669. The standard InChI is InChI=1S/C9H18O3/c1-4-8(5-2)6-12-7(3)9(10)11/h7-8H,4-6H2,1-3H3,(H,10,11)/t7-/m0/s1. The Morgan fingerprint density at radius 2 is 1.92 bits per heavy atom. The molecule has 0 fully saturated rings. The fourth-order valence-corrected chi connectivity index (χ4v) is 0.876. The van der Waals surface area contributed by atoms with Crippen molar-refractivity contribution < 1.29 is 14.6 Å². The molecule has 0 aliphatic heterocycles. The number of hydrogen-bond acceptors (Lipinski definition) is 2. The van der Waals surface area contributed by atoms with Crippen molar-refractivity contribution in [1.29, 1.82) is 0 Å². The lowest BCUT2D eigenvalue weighted by Crippen LogP contribution is -2.23. The minimum absolute atomic E-state index is 0.492. The molecule has 0 saturated heterocycles. The van der Waals surface area contributed by atoms with E-state index in [1.165, 1.54) is 0 Å². The van der Waals surface area contributed by atoms with Crippen molar-refractivity contribution >= 4 is 5.97 Å². The molecular formula is C9H18O3. The second kappa shape index (κ2) is 6.00. The summed E-state index contributed by atoms with van der Waals surface area (Å²) in [7, 11) is 0. The molecule has 0 aromatic heterocycles. The lowest BCUT2D eigenvalue weighted by Gasteiger charge is -2.14. The molecule has 1 N–H and O–H groups in total. The van der Waals surface area contributed by atoms with Crippen molar-refractivity contribution in [3.8, 4) is 0 Å². The maximum Gasteiger partial charge on any atom is 0.332 e. The summed E-state index contributed by atoms with van der Waals surface area (Å²) in [4.78, 5) is 10.4. The Morgan fingerprint density at radius 3 is 2.25 bits per heavy atom. The van der Waals surface area contributed by atoms with Gasteiger partial charge in [-0.25, -0.2) is 4.79 Å². The molecule has 0 rings (SSSR count). The van der Waals surface area contributed by atoms with Gasteiger partial charge in [0.15, 0.2) is 6.10 Å². The molecule has 12 heavy (non-hydrogen) atoms. The van der Waals surface area contributed by atoms with Gasteiger partial charge in [-0.15, -0.1) is 0 Å². The molecule has 0 saturated carbocycles. The highest BCUT2D eigenvalue weighted by molar-refractivity contribution is 5.71. The van der Waals surface area contributed by atoms with E-state index in [1.54, 1.807) is 6.92 Å². The highest BCUT2D eigenvalue weighted by atomic mass is 16.5. The number of carbonyl (C=O) groups is 1. The van der Waals surface area contributed by atoms with Crippen LogP contribution < -0.4 is 0 Å². The summed E-state index contributed by atoms with van der Waals surface area (Å²) >= 11 is 0. The summed E-state index contributed by atoms with van der Waals surface area (Å²) in [6.07, 6.45) is 1.41. The lowest BCUT2D eigenvalue weighted by atomic mass is 10.1. The molecule has 0 amide bonds. The van der Waals surface area contributed by atoms with E-state index in [1.807, 2.05) is 0 Å². The molecule has 3 heteroatoms. The predicted molar refractivity (Wildman–Crippen MR) is 47.1 cm³/mol. The zero-order valence-corrected chi connectivity index (χ0v) is 8.04. The van der Waals surface area contributed by atoms with E-state index in [0.717, 1.165) is 12.8 Å². The molecular weight excluding hydrogens is 156 g/mol. The fraction of sp³-hybridized carbons (Fsp3) is 0.889. The van der Waals surface area contributed by atoms with E-state index in [2.05, 4.69) is 13.8 Å². The smallest absolute Gasteiger partial charge is 0.332 e. The van der Waals surface area contributed by atoms with Gasteiger partial charge in [-0.2, -0.15) is 0 Å². The van der Waals surface area contributed by atoms with Crippen molar-refractivity contribution in [1.82, 2.24) is 0 Å². The predicted octanol–water partition coefficient (Wildman–Crippen LogP) is 1.91. The van der Waals surface area contributed by atoms with Crippen LogP contribution in [0.25, 0.3) is 0 Å². The lowest BCUT2D eigenvalue weighted by molar-refractivity contribution is -0.149. The highest BCUT2D eigenvalue weighted by Gasteiger charge is 2.12. The molecule has 0 spiro atoms. The first-order valence-electron chi connectivity index (χ1n) is 4.46. The van der Waals surface area contributed by atoms with Gasteiger partial charge in [-0.1, -0.05) is 26.7 Å². The molecule has 0 aliphatic rings. The fourth-order valence-electron chi connectivity index (χ4n) is 0.876. The second-order valence-electron chi connectivity index (χ2n) is 3.00. The summed E-state index contributed by atoms with van der Waals surface area (Å²) in [5.41, 5.74) is 0. The summed E-state index contributed by atoms with van der Waals surface area (Å²) in [5.74, 6) is -0.396. The van der Waals surface area contributed by atoms with E-state index in [0.29, 0.717) is 12.5 Å². The first-order chi connectivity index (χ1) is 5.61. The second-order valence-corrected chi connectivity index (χ2v) is 3.00. The van der Waals surface area contributed by atoms with Crippen molar-refractivity contribution in [2.45, 2.75) is 39.7 Å². The van der Waals surface area contributed by atoms with E-state index >= 15 is 0 Å². The van der Waals surface area contributed by atoms with Crippen molar-refractivity contribution in [3.63, 3.8) is 0 Å². The van der Waals surface area contributed by atoms with Gasteiger partial charge in [0, 0.05) is 0 Å². The van der Waals surface area contributed by atoms with Crippen LogP contribution in [0.2, 0.25) is 0 Å². The molecule has 3 nitrogen and oxygen atoms in total. The zero-order valence-electron chi connectivity index (χ0n) is 8.04. The van der Waals surface area contributed by atoms with E-state index in [9.17, 15) is 4.79 Å². The molecule has 0 heterocycles. The number of aliphatic carboxylic acids is 1. The van der Waals surface area contributed by atoms with Crippen LogP contribution in [-0.2, 0) is 9.53 Å². The number of carboxylic acids is 1. The third-order valence-corrected chi connectivity index (χ3v) is 2.08. The Hall–Kier alpha value is -0.570. The van der Waals surface area contributed by atoms with Crippen LogP contribution in [-0.4, -0.2) is 23.8 Å². The van der Waals surface area contributed by atoms with Gasteiger partial charge >= 0.3 is 5.97 Å². The number of rotatable bonds is 6. The maximum atomic E-state index is 10.4. The molecule has 72 valence electrons. The van der Waals surface area contributed by atoms with Crippen LogP contribution in [0.3, 0.4) is 0 Å². The Bertz CT molecular complexity index is 130. The highest BCUT2D eigenvalue weighted by Crippen LogP contribution is 2.08. The van der Waals surface area contributed by atoms with E-state index < -0.39 is 12.1 Å². The van der Waals surface area contributed by atoms with E-state index in [4.69, 9.17) is 9.84 Å². The SMILES string of the molecule is CCC(CC)CO[C@@H](C)C(=O)O. The minimum Gasteiger partial charge on any atom is -0.479 e. The van der Waals surface area contributed by atoms with Crippen LogP contribution in [0.1, 0.15) is 33.6 Å². The monoisotopic (exact) mass is 174 g/mol. The van der Waals surface area contributed by atoms with Gasteiger partial charge in [0.25, 0.3) is 0 Å². The Kier molecular flexibility index (Phi) is 5.72. The third-order valence-electron chi connectivity index (χ3n) is 2.08. The molecule has 0 bridgehead atoms. The van der Waals surface area contributed by atoms with Crippen LogP contribution in [0.5, 0.6) is 0 Å². The number of ether oxygens (including phenoxy) is 1. The van der Waals surface area contributed by atoms with Gasteiger partial charge in [0.1, 0.15) is 0 Å². The maximum absolute atomic E-state index is 10.4. The number of hydrogen-bond donors (Lipinski definition) is 1. The normalized spacial score (nSPS) is 13.3. The summed E-state index contributed by atoms with van der Waals surface area (Å²) < 4.78 is 5.15. The number of carboxylic acid groups (broad SMARTS) is 1. The van der Waals surface area contributed by atoms with Crippen molar-refractivity contribution in [2.75, 3.05) is 6.61 Å². The first-order valence-corrected chi connectivity index (χ1v) is 4.46. The van der Waals surface area contributed by atoms with Crippen LogP contribution in [0.4, 0.5) is 0 Å². The third kappa shape index (κ3) is 4.34. The Balaban J connectivity index is 3.58. The summed E-state index contributed by atoms with van der Waals surface area (Å²) in [6.45, 7) is 6.29. The van der Waals surface area contributed by atoms with Crippen LogP contribution in [0.15, 0.2) is 0 Å². The van der Waals surface area contributed by atoms with Gasteiger partial charge in [-0.05, 0) is 12.8 Å².